The van der Waals surface area contributed by atoms with E-state index in [1.165, 1.54) is 0 Å². The van der Waals surface area contributed by atoms with Crippen LogP contribution in [0.5, 0.6) is 0 Å². The van der Waals surface area contributed by atoms with E-state index in [1.54, 1.807) is 6.07 Å². The third kappa shape index (κ3) is 2.64. The van der Waals surface area contributed by atoms with Gasteiger partial charge in [0.05, 0.1) is 6.07 Å². The number of aryl methyl sites for hydroxylation is 1. The summed E-state index contributed by atoms with van der Waals surface area (Å²) >= 11 is 0. The van der Waals surface area contributed by atoms with Gasteiger partial charge in [0.25, 0.3) is 5.91 Å². The van der Waals surface area contributed by atoms with Crippen molar-refractivity contribution in [3.63, 3.8) is 0 Å². The van der Waals surface area contributed by atoms with Gasteiger partial charge in [0.1, 0.15) is 11.1 Å². The van der Waals surface area contributed by atoms with E-state index in [9.17, 15) is 10.1 Å². The molecule has 3 rings (SSSR count). The standard InChI is InChI=1S/C17H18N2O2/c1-12-5-6-14-13(9-12)10-15(21-14)16(20)19-17(11-18)7-3-2-4-8-17/h5-6,9-10H,2-4,7-8H2,1H3,(H,19,20). The van der Waals surface area contributed by atoms with E-state index in [0.29, 0.717) is 18.4 Å². The summed E-state index contributed by atoms with van der Waals surface area (Å²) in [4.78, 5) is 12.4. The average molecular weight is 282 g/mol. The SMILES string of the molecule is Cc1ccc2oc(C(=O)NC3(C#N)CCCCC3)cc2c1. The van der Waals surface area contributed by atoms with Crippen LogP contribution < -0.4 is 5.32 Å². The molecule has 1 aliphatic carbocycles. The molecule has 1 fully saturated rings. The molecule has 1 aromatic carbocycles. The van der Waals surface area contributed by atoms with Crippen molar-refractivity contribution in [3.05, 3.63) is 35.6 Å². The van der Waals surface area contributed by atoms with Crippen LogP contribution in [0.1, 0.15) is 48.2 Å². The molecule has 108 valence electrons. The van der Waals surface area contributed by atoms with Gasteiger partial charge < -0.3 is 9.73 Å². The normalized spacial score (nSPS) is 17.3. The zero-order valence-electron chi connectivity index (χ0n) is 12.1. The highest BCUT2D eigenvalue weighted by atomic mass is 16.3. The summed E-state index contributed by atoms with van der Waals surface area (Å²) < 4.78 is 5.59. The monoisotopic (exact) mass is 282 g/mol. The number of furan rings is 1. The fourth-order valence-corrected chi connectivity index (χ4v) is 2.97. The van der Waals surface area contributed by atoms with Crippen LogP contribution >= 0.6 is 0 Å². The second-order valence-electron chi connectivity index (χ2n) is 5.86. The van der Waals surface area contributed by atoms with Gasteiger partial charge in [-0.1, -0.05) is 30.9 Å². The molecule has 0 atom stereocenters. The minimum absolute atomic E-state index is 0.274. The van der Waals surface area contributed by atoms with Crippen molar-refractivity contribution in [1.82, 2.24) is 5.32 Å². The van der Waals surface area contributed by atoms with Crippen molar-refractivity contribution in [1.29, 1.82) is 5.26 Å². The molecule has 2 aromatic rings. The van der Waals surface area contributed by atoms with Crippen LogP contribution in [-0.4, -0.2) is 11.4 Å². The topological polar surface area (TPSA) is 66.0 Å². The lowest BCUT2D eigenvalue weighted by molar-refractivity contribution is 0.0876. The molecule has 0 radical (unpaired) electrons. The molecule has 1 heterocycles. The summed E-state index contributed by atoms with van der Waals surface area (Å²) in [6, 6.07) is 9.82. The van der Waals surface area contributed by atoms with Gasteiger partial charge in [-0.15, -0.1) is 0 Å². The van der Waals surface area contributed by atoms with Gasteiger partial charge >= 0.3 is 0 Å². The van der Waals surface area contributed by atoms with Crippen LogP contribution in [0.15, 0.2) is 28.7 Å². The number of nitrogens with one attached hydrogen (secondary N) is 1. The van der Waals surface area contributed by atoms with Crippen molar-refractivity contribution >= 4 is 16.9 Å². The molecule has 0 unspecified atom stereocenters. The maximum absolute atomic E-state index is 12.4. The van der Waals surface area contributed by atoms with Crippen LogP contribution in [0, 0.1) is 18.3 Å². The number of fused-ring (bicyclic) bond motifs is 1. The number of carbonyl (C=O) groups is 1. The summed E-state index contributed by atoms with van der Waals surface area (Å²) in [6.07, 6.45) is 4.52. The Kier molecular flexibility index (Phi) is 3.42. The fourth-order valence-electron chi connectivity index (χ4n) is 2.97. The van der Waals surface area contributed by atoms with Gasteiger partial charge in [-0.3, -0.25) is 4.79 Å². The average Bonchev–Trinajstić information content (AvgIpc) is 2.91. The van der Waals surface area contributed by atoms with Gasteiger partial charge in [0, 0.05) is 5.39 Å². The quantitative estimate of drug-likeness (QED) is 0.913. The van der Waals surface area contributed by atoms with Gasteiger partial charge in [-0.2, -0.15) is 5.26 Å². The lowest BCUT2D eigenvalue weighted by Crippen LogP contribution is -2.48. The van der Waals surface area contributed by atoms with Crippen LogP contribution in [0.4, 0.5) is 0 Å². The number of nitrogens with zero attached hydrogens (tertiary/aromatic N) is 1. The van der Waals surface area contributed by atoms with E-state index in [-0.39, 0.29) is 11.7 Å². The molecule has 1 N–H and O–H groups in total. The van der Waals surface area contributed by atoms with Crippen molar-refractivity contribution in [3.8, 4) is 6.07 Å². The number of rotatable bonds is 2. The first-order valence-electron chi connectivity index (χ1n) is 7.36. The minimum atomic E-state index is -0.732. The van der Waals surface area contributed by atoms with E-state index in [2.05, 4.69) is 11.4 Å². The Hall–Kier alpha value is -2.28. The Morgan fingerprint density at radius 3 is 2.76 bits per heavy atom. The molecule has 1 saturated carbocycles. The minimum Gasteiger partial charge on any atom is -0.451 e. The van der Waals surface area contributed by atoms with Crippen molar-refractivity contribution in [2.24, 2.45) is 0 Å². The van der Waals surface area contributed by atoms with Gasteiger partial charge in [0.2, 0.25) is 0 Å². The van der Waals surface area contributed by atoms with Crippen LogP contribution in [0.2, 0.25) is 0 Å². The summed E-state index contributed by atoms with van der Waals surface area (Å²) in [5, 5.41) is 13.2. The molecule has 0 spiro atoms. The number of amides is 1. The number of nitriles is 1. The maximum Gasteiger partial charge on any atom is 0.288 e. The Morgan fingerprint density at radius 1 is 1.29 bits per heavy atom. The molecule has 1 aliphatic rings. The molecule has 0 aliphatic heterocycles. The van der Waals surface area contributed by atoms with Crippen molar-refractivity contribution in [2.45, 2.75) is 44.6 Å². The third-order valence-corrected chi connectivity index (χ3v) is 4.17. The smallest absolute Gasteiger partial charge is 0.288 e. The van der Waals surface area contributed by atoms with Gasteiger partial charge in [-0.05, 0) is 38.0 Å². The molecular weight excluding hydrogens is 264 g/mol. The number of carbonyl (C=O) groups excluding carboxylic acids is 1. The Balaban J connectivity index is 1.85. The Morgan fingerprint density at radius 2 is 2.05 bits per heavy atom. The summed E-state index contributed by atoms with van der Waals surface area (Å²) in [5.41, 5.74) is 1.08. The Labute approximate surface area is 123 Å². The number of hydrogen-bond donors (Lipinski definition) is 1. The summed E-state index contributed by atoms with van der Waals surface area (Å²) in [5.74, 6) is -0.0249. The van der Waals surface area contributed by atoms with Crippen molar-refractivity contribution in [2.75, 3.05) is 0 Å². The van der Waals surface area contributed by atoms with E-state index in [4.69, 9.17) is 4.42 Å². The highest BCUT2D eigenvalue weighted by Crippen LogP contribution is 2.28. The van der Waals surface area contributed by atoms with E-state index >= 15 is 0 Å². The largest absolute Gasteiger partial charge is 0.451 e. The molecule has 1 amide bonds. The fraction of sp³-hybridized carbons (Fsp3) is 0.412. The Bertz CT molecular complexity index is 718. The first-order valence-corrected chi connectivity index (χ1v) is 7.36. The van der Waals surface area contributed by atoms with Crippen LogP contribution in [-0.2, 0) is 0 Å². The highest BCUT2D eigenvalue weighted by Gasteiger charge is 2.34. The second-order valence-corrected chi connectivity index (χ2v) is 5.86. The third-order valence-electron chi connectivity index (χ3n) is 4.17. The predicted molar refractivity (Wildman–Crippen MR) is 79.8 cm³/mol. The first kappa shape index (κ1) is 13.7. The lowest BCUT2D eigenvalue weighted by Gasteiger charge is -2.31. The predicted octanol–water partition coefficient (Wildman–Crippen LogP) is 3.70. The molecular formula is C17H18N2O2. The molecule has 4 heteroatoms. The molecule has 0 saturated heterocycles. The highest BCUT2D eigenvalue weighted by molar-refractivity contribution is 5.96. The zero-order valence-corrected chi connectivity index (χ0v) is 12.1. The number of benzene rings is 1. The molecule has 21 heavy (non-hydrogen) atoms. The molecule has 1 aromatic heterocycles. The summed E-state index contributed by atoms with van der Waals surface area (Å²) in [7, 11) is 0. The first-order chi connectivity index (χ1) is 10.1. The molecule has 4 nitrogen and oxygen atoms in total. The maximum atomic E-state index is 12.4. The van der Waals surface area contributed by atoms with E-state index < -0.39 is 5.54 Å². The second kappa shape index (κ2) is 5.25. The van der Waals surface area contributed by atoms with Crippen LogP contribution in [0.25, 0.3) is 11.0 Å². The zero-order chi connectivity index (χ0) is 14.9. The lowest BCUT2D eigenvalue weighted by atomic mass is 9.83. The molecule has 0 bridgehead atoms. The number of hydrogen-bond acceptors (Lipinski definition) is 3. The summed E-state index contributed by atoms with van der Waals surface area (Å²) in [6.45, 7) is 2.00. The van der Waals surface area contributed by atoms with E-state index in [0.717, 1.165) is 30.2 Å². The van der Waals surface area contributed by atoms with E-state index in [1.807, 2.05) is 25.1 Å². The van der Waals surface area contributed by atoms with Gasteiger partial charge in [0.15, 0.2) is 5.76 Å². The van der Waals surface area contributed by atoms with Crippen molar-refractivity contribution < 1.29 is 9.21 Å². The van der Waals surface area contributed by atoms with Gasteiger partial charge in [-0.25, -0.2) is 0 Å². The van der Waals surface area contributed by atoms with Crippen LogP contribution in [0.3, 0.4) is 0 Å².